The van der Waals surface area contributed by atoms with Crippen LogP contribution in [0.15, 0.2) is 18.2 Å². The molecule has 2 rings (SSSR count). The van der Waals surface area contributed by atoms with Crippen LogP contribution in [0.1, 0.15) is 24.5 Å². The highest BCUT2D eigenvalue weighted by Crippen LogP contribution is 2.32. The Balaban J connectivity index is 2.36. The molecule has 3 nitrogen and oxygen atoms in total. The van der Waals surface area contributed by atoms with Crippen molar-refractivity contribution in [3.63, 3.8) is 0 Å². The van der Waals surface area contributed by atoms with Crippen LogP contribution in [0.4, 0.5) is 4.39 Å². The lowest BCUT2D eigenvalue weighted by Crippen LogP contribution is -2.29. The molecule has 0 bridgehead atoms. The Hall–Kier alpha value is -1.58. The third kappa shape index (κ3) is 2.12. The Morgan fingerprint density at radius 3 is 3.00 bits per heavy atom. The van der Waals surface area contributed by atoms with E-state index in [2.05, 4.69) is 4.74 Å². The summed E-state index contributed by atoms with van der Waals surface area (Å²) in [6, 6.07) is 4.97. The molecule has 0 radical (unpaired) electrons. The fraction of sp³-hybridized carbons (Fsp3) is 0.462. The minimum Gasteiger partial charge on any atom is -0.493 e. The van der Waals surface area contributed by atoms with Crippen molar-refractivity contribution in [2.45, 2.75) is 25.4 Å². The molecule has 17 heavy (non-hydrogen) atoms. The Kier molecular flexibility index (Phi) is 3.05. The molecule has 0 saturated carbocycles. The molecular formula is C13H15FO3. The quantitative estimate of drug-likeness (QED) is 0.742. The standard InChI is InChI=1S/C13H15FO3/c1-13(14,12(15)16-2)10-5-6-11-9(8-10)4-3-7-17-11/h5-6,8H,3-4,7H2,1-2H3. The molecule has 1 unspecified atom stereocenters. The van der Waals surface area contributed by atoms with E-state index in [9.17, 15) is 9.18 Å². The van der Waals surface area contributed by atoms with E-state index >= 15 is 0 Å². The van der Waals surface area contributed by atoms with Gasteiger partial charge in [-0.3, -0.25) is 0 Å². The second kappa shape index (κ2) is 4.35. The summed E-state index contributed by atoms with van der Waals surface area (Å²) in [5.74, 6) is -0.102. The number of rotatable bonds is 2. The fourth-order valence-corrected chi connectivity index (χ4v) is 1.96. The minimum absolute atomic E-state index is 0.314. The predicted octanol–water partition coefficient (Wildman–Crippen LogP) is 2.37. The lowest BCUT2D eigenvalue weighted by Gasteiger charge is -2.22. The van der Waals surface area contributed by atoms with E-state index in [1.807, 2.05) is 0 Å². The van der Waals surface area contributed by atoms with Crippen molar-refractivity contribution in [3.05, 3.63) is 29.3 Å². The fourth-order valence-electron chi connectivity index (χ4n) is 1.96. The van der Waals surface area contributed by atoms with Gasteiger partial charge in [0.1, 0.15) is 5.75 Å². The molecule has 4 heteroatoms. The number of alkyl halides is 1. The Morgan fingerprint density at radius 2 is 2.29 bits per heavy atom. The SMILES string of the molecule is COC(=O)C(C)(F)c1ccc2c(c1)CCCO2. The molecule has 1 aromatic carbocycles. The molecule has 0 N–H and O–H groups in total. The molecule has 0 saturated heterocycles. The molecule has 1 atom stereocenters. The van der Waals surface area contributed by atoms with Crippen LogP contribution in [-0.4, -0.2) is 19.7 Å². The van der Waals surface area contributed by atoms with Crippen LogP contribution >= 0.6 is 0 Å². The highest BCUT2D eigenvalue weighted by atomic mass is 19.1. The minimum atomic E-state index is -2.11. The first kappa shape index (κ1) is 11.9. The molecule has 0 amide bonds. The Labute approximate surface area is 99.5 Å². The lowest BCUT2D eigenvalue weighted by molar-refractivity contribution is -0.154. The van der Waals surface area contributed by atoms with Crippen LogP contribution in [-0.2, 0) is 21.6 Å². The van der Waals surface area contributed by atoms with Crippen molar-refractivity contribution >= 4 is 5.97 Å². The van der Waals surface area contributed by atoms with Gasteiger partial charge in [0, 0.05) is 5.56 Å². The maximum Gasteiger partial charge on any atom is 0.348 e. The van der Waals surface area contributed by atoms with Gasteiger partial charge in [-0.05, 0) is 37.5 Å². The molecule has 1 aliphatic heterocycles. The van der Waals surface area contributed by atoms with Gasteiger partial charge in [-0.1, -0.05) is 6.07 Å². The molecule has 1 heterocycles. The first-order valence-corrected chi connectivity index (χ1v) is 5.59. The molecule has 0 aromatic heterocycles. The van der Waals surface area contributed by atoms with Crippen LogP contribution in [0.5, 0.6) is 5.75 Å². The predicted molar refractivity (Wildman–Crippen MR) is 60.7 cm³/mol. The van der Waals surface area contributed by atoms with E-state index in [0.717, 1.165) is 24.2 Å². The third-order valence-corrected chi connectivity index (χ3v) is 3.02. The molecule has 0 aliphatic carbocycles. The summed E-state index contributed by atoms with van der Waals surface area (Å²) in [7, 11) is 1.18. The summed E-state index contributed by atoms with van der Waals surface area (Å²) in [5.41, 5.74) is -0.851. The summed E-state index contributed by atoms with van der Waals surface area (Å²) >= 11 is 0. The maximum absolute atomic E-state index is 14.3. The van der Waals surface area contributed by atoms with E-state index in [0.29, 0.717) is 12.2 Å². The number of benzene rings is 1. The first-order chi connectivity index (χ1) is 8.05. The van der Waals surface area contributed by atoms with Gasteiger partial charge >= 0.3 is 5.97 Å². The van der Waals surface area contributed by atoms with Crippen molar-refractivity contribution < 1.29 is 18.7 Å². The number of fused-ring (bicyclic) bond motifs is 1. The van der Waals surface area contributed by atoms with E-state index in [1.54, 1.807) is 18.2 Å². The number of carbonyl (C=O) groups excluding carboxylic acids is 1. The number of hydrogen-bond donors (Lipinski definition) is 0. The summed E-state index contributed by atoms with van der Waals surface area (Å²) < 4.78 is 24.2. The summed E-state index contributed by atoms with van der Waals surface area (Å²) in [6.45, 7) is 1.90. The topological polar surface area (TPSA) is 35.5 Å². The van der Waals surface area contributed by atoms with E-state index in [1.165, 1.54) is 14.0 Å². The Bertz CT molecular complexity index is 440. The number of halogens is 1. The lowest BCUT2D eigenvalue weighted by atomic mass is 9.94. The zero-order valence-corrected chi connectivity index (χ0v) is 9.96. The Morgan fingerprint density at radius 1 is 1.53 bits per heavy atom. The maximum atomic E-state index is 14.3. The summed E-state index contributed by atoms with van der Waals surface area (Å²) in [5, 5.41) is 0. The molecule has 0 fully saturated rings. The second-order valence-electron chi connectivity index (χ2n) is 4.27. The van der Waals surface area contributed by atoms with E-state index in [-0.39, 0.29) is 0 Å². The number of carbonyl (C=O) groups is 1. The largest absolute Gasteiger partial charge is 0.493 e. The highest BCUT2D eigenvalue weighted by Gasteiger charge is 2.37. The van der Waals surface area contributed by atoms with Crippen LogP contribution in [0, 0.1) is 0 Å². The smallest absolute Gasteiger partial charge is 0.348 e. The van der Waals surface area contributed by atoms with Crippen LogP contribution < -0.4 is 4.74 Å². The molecule has 1 aromatic rings. The first-order valence-electron chi connectivity index (χ1n) is 5.59. The average Bonchev–Trinajstić information content (AvgIpc) is 2.37. The number of ether oxygens (including phenoxy) is 2. The molecular weight excluding hydrogens is 223 g/mol. The average molecular weight is 238 g/mol. The van der Waals surface area contributed by atoms with Crippen molar-refractivity contribution in [3.8, 4) is 5.75 Å². The van der Waals surface area contributed by atoms with E-state index < -0.39 is 11.6 Å². The van der Waals surface area contributed by atoms with Gasteiger partial charge in [0.05, 0.1) is 13.7 Å². The van der Waals surface area contributed by atoms with Gasteiger partial charge in [0.2, 0.25) is 5.67 Å². The van der Waals surface area contributed by atoms with Crippen LogP contribution in [0.3, 0.4) is 0 Å². The van der Waals surface area contributed by atoms with Crippen LogP contribution in [0.2, 0.25) is 0 Å². The number of aryl methyl sites for hydroxylation is 1. The van der Waals surface area contributed by atoms with Gasteiger partial charge in [-0.25, -0.2) is 9.18 Å². The number of esters is 1. The normalized spacial score (nSPS) is 17.6. The number of hydrogen-bond acceptors (Lipinski definition) is 3. The van der Waals surface area contributed by atoms with Gasteiger partial charge in [-0.2, -0.15) is 0 Å². The third-order valence-electron chi connectivity index (χ3n) is 3.02. The monoisotopic (exact) mass is 238 g/mol. The van der Waals surface area contributed by atoms with Gasteiger partial charge in [0.15, 0.2) is 0 Å². The van der Waals surface area contributed by atoms with Crippen LogP contribution in [0.25, 0.3) is 0 Å². The second-order valence-corrected chi connectivity index (χ2v) is 4.27. The zero-order valence-electron chi connectivity index (χ0n) is 9.96. The zero-order chi connectivity index (χ0) is 12.5. The van der Waals surface area contributed by atoms with E-state index in [4.69, 9.17) is 4.74 Å². The molecule has 92 valence electrons. The van der Waals surface area contributed by atoms with Gasteiger partial charge in [-0.15, -0.1) is 0 Å². The van der Waals surface area contributed by atoms with Crippen molar-refractivity contribution in [1.29, 1.82) is 0 Å². The molecule has 1 aliphatic rings. The van der Waals surface area contributed by atoms with Crippen molar-refractivity contribution in [2.24, 2.45) is 0 Å². The van der Waals surface area contributed by atoms with Crippen molar-refractivity contribution in [2.75, 3.05) is 13.7 Å². The highest BCUT2D eigenvalue weighted by molar-refractivity contribution is 5.80. The summed E-state index contributed by atoms with van der Waals surface area (Å²) in [6.07, 6.45) is 1.76. The van der Waals surface area contributed by atoms with Gasteiger partial charge in [0.25, 0.3) is 0 Å². The van der Waals surface area contributed by atoms with Crippen molar-refractivity contribution in [1.82, 2.24) is 0 Å². The molecule has 0 spiro atoms. The van der Waals surface area contributed by atoms with Gasteiger partial charge < -0.3 is 9.47 Å². The summed E-state index contributed by atoms with van der Waals surface area (Å²) in [4.78, 5) is 11.4. The number of methoxy groups -OCH3 is 1.